The molecule has 0 heterocycles. The van der Waals surface area contributed by atoms with E-state index in [4.69, 9.17) is 9.84 Å². The summed E-state index contributed by atoms with van der Waals surface area (Å²) in [7, 11) is 0. The van der Waals surface area contributed by atoms with Crippen LogP contribution in [0.3, 0.4) is 0 Å². The summed E-state index contributed by atoms with van der Waals surface area (Å²) in [5.41, 5.74) is 1.53. The van der Waals surface area contributed by atoms with Crippen molar-refractivity contribution < 1.29 is 18.6 Å². The molecular weight excluding hydrogens is 262 g/mol. The Morgan fingerprint density at radius 1 is 1.05 bits per heavy atom. The minimum absolute atomic E-state index is 0.182. The number of halogens is 2. The van der Waals surface area contributed by atoms with Crippen molar-refractivity contribution in [3.63, 3.8) is 0 Å². The number of hydrogen-bond acceptors (Lipinski definition) is 2. The molecule has 0 aliphatic carbocycles. The maximum atomic E-state index is 13.0. The van der Waals surface area contributed by atoms with Gasteiger partial charge in [0.15, 0.2) is 11.6 Å². The van der Waals surface area contributed by atoms with Crippen molar-refractivity contribution in [2.45, 2.75) is 6.61 Å². The zero-order valence-electron chi connectivity index (χ0n) is 10.6. The number of hydrogen-bond donors (Lipinski definition) is 1. The lowest BCUT2D eigenvalue weighted by Crippen LogP contribution is -1.99. The van der Waals surface area contributed by atoms with Crippen LogP contribution >= 0.6 is 0 Å². The predicted octanol–water partition coefficient (Wildman–Crippen LogP) is 2.89. The van der Waals surface area contributed by atoms with E-state index >= 15 is 0 Å². The van der Waals surface area contributed by atoms with E-state index in [1.165, 1.54) is 6.07 Å². The van der Waals surface area contributed by atoms with Crippen molar-refractivity contribution in [2.75, 3.05) is 6.61 Å². The third kappa shape index (κ3) is 3.56. The first kappa shape index (κ1) is 14.0. The molecule has 20 heavy (non-hydrogen) atoms. The second kappa shape index (κ2) is 6.69. The highest BCUT2D eigenvalue weighted by Crippen LogP contribution is 2.17. The monoisotopic (exact) mass is 274 g/mol. The second-order valence-electron chi connectivity index (χ2n) is 3.98. The molecule has 0 spiro atoms. The number of aliphatic hydroxyl groups excluding tert-OH is 1. The predicted molar refractivity (Wildman–Crippen MR) is 71.1 cm³/mol. The van der Waals surface area contributed by atoms with Crippen molar-refractivity contribution in [2.24, 2.45) is 0 Å². The van der Waals surface area contributed by atoms with Gasteiger partial charge in [0.05, 0.1) is 0 Å². The molecule has 2 aromatic carbocycles. The van der Waals surface area contributed by atoms with Gasteiger partial charge in [0, 0.05) is 17.2 Å². The number of ether oxygens (including phenoxy) is 1. The van der Waals surface area contributed by atoms with Crippen molar-refractivity contribution in [3.8, 4) is 17.6 Å². The molecule has 2 aromatic rings. The topological polar surface area (TPSA) is 29.5 Å². The summed E-state index contributed by atoms with van der Waals surface area (Å²) in [4.78, 5) is 0. The average Bonchev–Trinajstić information content (AvgIpc) is 2.47. The Morgan fingerprint density at radius 2 is 1.85 bits per heavy atom. The lowest BCUT2D eigenvalue weighted by atomic mass is 10.1. The molecule has 0 unspecified atom stereocenters. The van der Waals surface area contributed by atoms with E-state index in [-0.39, 0.29) is 19.0 Å². The summed E-state index contributed by atoms with van der Waals surface area (Å²) in [5.74, 6) is 3.75. The van der Waals surface area contributed by atoms with Crippen LogP contribution in [0.25, 0.3) is 0 Å². The van der Waals surface area contributed by atoms with Crippen LogP contribution in [0, 0.1) is 23.5 Å². The van der Waals surface area contributed by atoms with E-state index in [0.29, 0.717) is 0 Å². The first-order valence-electron chi connectivity index (χ1n) is 5.96. The van der Waals surface area contributed by atoms with Crippen LogP contribution in [0.15, 0.2) is 42.5 Å². The second-order valence-corrected chi connectivity index (χ2v) is 3.98. The van der Waals surface area contributed by atoms with Crippen molar-refractivity contribution in [1.82, 2.24) is 0 Å². The normalized spacial score (nSPS) is 9.75. The van der Waals surface area contributed by atoms with E-state index in [1.54, 1.807) is 6.07 Å². The van der Waals surface area contributed by atoms with Gasteiger partial charge in [-0.05, 0) is 18.2 Å². The van der Waals surface area contributed by atoms with E-state index < -0.39 is 11.6 Å². The van der Waals surface area contributed by atoms with Crippen LogP contribution in [0.1, 0.15) is 11.1 Å². The molecule has 0 aliphatic rings. The number of benzene rings is 2. The fraction of sp³-hybridized carbons (Fsp3) is 0.125. The van der Waals surface area contributed by atoms with Gasteiger partial charge in [-0.2, -0.15) is 0 Å². The molecular formula is C16H12F2O2. The summed E-state index contributed by atoms with van der Waals surface area (Å²) in [6.07, 6.45) is 0. The molecule has 0 aromatic heterocycles. The molecule has 0 radical (unpaired) electrons. The highest BCUT2D eigenvalue weighted by atomic mass is 19.2. The molecule has 0 aliphatic heterocycles. The lowest BCUT2D eigenvalue weighted by Gasteiger charge is -2.08. The van der Waals surface area contributed by atoms with Gasteiger partial charge in [0.2, 0.25) is 0 Å². The molecule has 0 saturated heterocycles. The standard InChI is InChI=1S/C16H12F2O2/c17-15-8-7-14(10-16(15)18)20-11-13-5-2-1-4-12(13)6-3-9-19/h1-2,4-5,7-8,10,19H,9,11H2. The van der Waals surface area contributed by atoms with Crippen molar-refractivity contribution in [1.29, 1.82) is 0 Å². The molecule has 4 heteroatoms. The van der Waals surface area contributed by atoms with E-state index in [0.717, 1.165) is 23.3 Å². The van der Waals surface area contributed by atoms with E-state index in [1.807, 2.05) is 18.2 Å². The number of rotatable bonds is 3. The van der Waals surface area contributed by atoms with Crippen molar-refractivity contribution >= 4 is 0 Å². The van der Waals surface area contributed by atoms with E-state index in [2.05, 4.69) is 11.8 Å². The lowest BCUT2D eigenvalue weighted by molar-refractivity contribution is 0.303. The molecule has 0 amide bonds. The Kier molecular flexibility index (Phi) is 4.70. The average molecular weight is 274 g/mol. The Balaban J connectivity index is 2.12. The third-order valence-electron chi connectivity index (χ3n) is 2.60. The van der Waals surface area contributed by atoms with Gasteiger partial charge in [-0.3, -0.25) is 0 Å². The van der Waals surface area contributed by atoms with Crippen LogP contribution in [0.4, 0.5) is 8.78 Å². The minimum atomic E-state index is -0.948. The Hall–Kier alpha value is -2.38. The van der Waals surface area contributed by atoms with Crippen molar-refractivity contribution in [3.05, 3.63) is 65.2 Å². The Morgan fingerprint density at radius 3 is 2.60 bits per heavy atom. The summed E-state index contributed by atoms with van der Waals surface area (Å²) >= 11 is 0. The van der Waals surface area contributed by atoms with Gasteiger partial charge in [0.1, 0.15) is 19.0 Å². The highest BCUT2D eigenvalue weighted by molar-refractivity contribution is 5.41. The maximum Gasteiger partial charge on any atom is 0.162 e. The fourth-order valence-corrected chi connectivity index (χ4v) is 1.63. The molecule has 1 N–H and O–H groups in total. The van der Waals surface area contributed by atoms with Gasteiger partial charge < -0.3 is 9.84 Å². The van der Waals surface area contributed by atoms with Gasteiger partial charge >= 0.3 is 0 Å². The minimum Gasteiger partial charge on any atom is -0.489 e. The summed E-state index contributed by atoms with van der Waals surface area (Å²) < 4.78 is 31.3. The van der Waals surface area contributed by atoms with Crippen LogP contribution in [0.5, 0.6) is 5.75 Å². The Bertz CT molecular complexity index is 657. The molecule has 2 rings (SSSR count). The third-order valence-corrected chi connectivity index (χ3v) is 2.60. The maximum absolute atomic E-state index is 13.0. The summed E-state index contributed by atoms with van der Waals surface area (Å²) in [5, 5.41) is 8.70. The molecule has 102 valence electrons. The fourth-order valence-electron chi connectivity index (χ4n) is 1.63. The molecule has 0 saturated carbocycles. The summed E-state index contributed by atoms with van der Waals surface area (Å²) in [6.45, 7) is -0.0419. The first-order valence-corrected chi connectivity index (χ1v) is 5.96. The van der Waals surface area contributed by atoms with Crippen LogP contribution in [-0.2, 0) is 6.61 Å². The summed E-state index contributed by atoms with van der Waals surface area (Å²) in [6, 6.07) is 10.6. The largest absolute Gasteiger partial charge is 0.489 e. The van der Waals surface area contributed by atoms with Crippen LogP contribution in [-0.4, -0.2) is 11.7 Å². The molecule has 0 bridgehead atoms. The van der Waals surface area contributed by atoms with Gasteiger partial charge in [-0.25, -0.2) is 8.78 Å². The van der Waals surface area contributed by atoms with Gasteiger partial charge in [-0.15, -0.1) is 0 Å². The van der Waals surface area contributed by atoms with Crippen LogP contribution < -0.4 is 4.74 Å². The molecule has 2 nitrogen and oxygen atoms in total. The Labute approximate surface area is 115 Å². The number of aliphatic hydroxyl groups is 1. The first-order chi connectivity index (χ1) is 9.70. The van der Waals surface area contributed by atoms with Crippen LogP contribution in [0.2, 0.25) is 0 Å². The van der Waals surface area contributed by atoms with Gasteiger partial charge in [-0.1, -0.05) is 30.0 Å². The smallest absolute Gasteiger partial charge is 0.162 e. The van der Waals surface area contributed by atoms with Gasteiger partial charge in [0.25, 0.3) is 0 Å². The molecule has 0 atom stereocenters. The SMILES string of the molecule is OCC#Cc1ccccc1COc1ccc(F)c(F)c1. The zero-order valence-corrected chi connectivity index (χ0v) is 10.6. The van der Waals surface area contributed by atoms with E-state index in [9.17, 15) is 8.78 Å². The highest BCUT2D eigenvalue weighted by Gasteiger charge is 2.05. The molecule has 0 fully saturated rings. The quantitative estimate of drug-likeness (QED) is 0.872. The zero-order chi connectivity index (χ0) is 14.4.